The van der Waals surface area contributed by atoms with Crippen LogP contribution in [-0.2, 0) is 4.74 Å². The van der Waals surface area contributed by atoms with Gasteiger partial charge in [0.25, 0.3) is 0 Å². The van der Waals surface area contributed by atoms with Gasteiger partial charge in [-0.2, -0.15) is 0 Å². The molecule has 20 heavy (non-hydrogen) atoms. The lowest BCUT2D eigenvalue weighted by molar-refractivity contribution is 0.0262. The number of hydrogen-bond acceptors (Lipinski definition) is 4. The van der Waals surface area contributed by atoms with Gasteiger partial charge in [0.15, 0.2) is 0 Å². The number of aromatic nitrogens is 1. The normalized spacial score (nSPS) is 22.9. The standard InChI is InChI=1S/C15H22BrN3O/c16-14-2-1-7-17-15(14)18-12-3-8-19(9-4-12)13-5-10-20-11-6-13/h1-2,7,12-13H,3-6,8-11H2,(H,17,18). The average Bonchev–Trinajstić information content (AvgIpc) is 2.51. The Kier molecular flexibility index (Phi) is 4.91. The summed E-state index contributed by atoms with van der Waals surface area (Å²) in [5.74, 6) is 0.969. The van der Waals surface area contributed by atoms with Crippen LogP contribution in [0.5, 0.6) is 0 Å². The molecule has 4 nitrogen and oxygen atoms in total. The molecule has 0 bridgehead atoms. The van der Waals surface area contributed by atoms with Crippen LogP contribution in [0.4, 0.5) is 5.82 Å². The number of anilines is 1. The highest BCUT2D eigenvalue weighted by Gasteiger charge is 2.26. The van der Waals surface area contributed by atoms with Crippen molar-refractivity contribution in [2.75, 3.05) is 31.6 Å². The number of ether oxygens (including phenoxy) is 1. The van der Waals surface area contributed by atoms with Gasteiger partial charge >= 0.3 is 0 Å². The molecule has 0 atom stereocenters. The number of hydrogen-bond donors (Lipinski definition) is 1. The highest BCUT2D eigenvalue weighted by molar-refractivity contribution is 9.10. The van der Waals surface area contributed by atoms with Crippen molar-refractivity contribution in [3.63, 3.8) is 0 Å². The van der Waals surface area contributed by atoms with Crippen LogP contribution in [0.2, 0.25) is 0 Å². The van der Waals surface area contributed by atoms with E-state index in [1.54, 1.807) is 0 Å². The topological polar surface area (TPSA) is 37.4 Å². The van der Waals surface area contributed by atoms with Crippen LogP contribution < -0.4 is 5.32 Å². The third kappa shape index (κ3) is 3.51. The van der Waals surface area contributed by atoms with E-state index in [1.165, 1.54) is 38.8 Å². The lowest BCUT2D eigenvalue weighted by atomic mass is 10.00. The summed E-state index contributed by atoms with van der Waals surface area (Å²) in [4.78, 5) is 7.04. The predicted octanol–water partition coefficient (Wildman–Crippen LogP) is 2.90. The van der Waals surface area contributed by atoms with Crippen molar-refractivity contribution in [3.05, 3.63) is 22.8 Å². The minimum Gasteiger partial charge on any atom is -0.381 e. The molecule has 1 N–H and O–H groups in total. The number of piperidine rings is 1. The monoisotopic (exact) mass is 339 g/mol. The molecule has 110 valence electrons. The first-order valence-corrected chi connectivity index (χ1v) is 8.31. The van der Waals surface area contributed by atoms with E-state index in [9.17, 15) is 0 Å². The van der Waals surface area contributed by atoms with Crippen LogP contribution in [0, 0.1) is 0 Å². The lowest BCUT2D eigenvalue weighted by Gasteiger charge is -2.39. The Balaban J connectivity index is 1.50. The zero-order valence-electron chi connectivity index (χ0n) is 11.7. The first-order chi connectivity index (χ1) is 9.83. The number of pyridine rings is 1. The molecular formula is C15H22BrN3O. The molecule has 5 heteroatoms. The van der Waals surface area contributed by atoms with Crippen molar-refractivity contribution < 1.29 is 4.74 Å². The van der Waals surface area contributed by atoms with Gasteiger partial charge < -0.3 is 15.0 Å². The van der Waals surface area contributed by atoms with Gasteiger partial charge in [-0.1, -0.05) is 0 Å². The Morgan fingerprint density at radius 1 is 1.20 bits per heavy atom. The minimum absolute atomic E-state index is 0.539. The second-order valence-electron chi connectivity index (χ2n) is 5.63. The summed E-state index contributed by atoms with van der Waals surface area (Å²) in [6.45, 7) is 4.24. The Bertz CT molecular complexity index is 429. The van der Waals surface area contributed by atoms with Gasteiger partial charge in [-0.05, 0) is 53.7 Å². The maximum absolute atomic E-state index is 5.45. The molecule has 3 rings (SSSR count). The second kappa shape index (κ2) is 6.87. The SMILES string of the molecule is Brc1cccnc1NC1CCN(C2CCOCC2)CC1. The molecule has 0 amide bonds. The summed E-state index contributed by atoms with van der Waals surface area (Å²) in [6, 6.07) is 5.26. The molecule has 2 aliphatic rings. The van der Waals surface area contributed by atoms with Crippen LogP contribution in [0.15, 0.2) is 22.8 Å². The molecule has 2 aliphatic heterocycles. The van der Waals surface area contributed by atoms with E-state index in [1.807, 2.05) is 18.3 Å². The van der Waals surface area contributed by atoms with Gasteiger partial charge in [-0.25, -0.2) is 4.98 Å². The zero-order valence-corrected chi connectivity index (χ0v) is 13.3. The number of likely N-dealkylation sites (tertiary alicyclic amines) is 1. The van der Waals surface area contributed by atoms with Gasteiger partial charge in [0.1, 0.15) is 5.82 Å². The maximum Gasteiger partial charge on any atom is 0.140 e. The predicted molar refractivity (Wildman–Crippen MR) is 84.0 cm³/mol. The first kappa shape index (κ1) is 14.3. The maximum atomic E-state index is 5.45. The zero-order chi connectivity index (χ0) is 13.8. The summed E-state index contributed by atoms with van der Waals surface area (Å²) in [6.07, 6.45) is 6.62. The molecule has 0 radical (unpaired) electrons. The third-order valence-electron chi connectivity index (χ3n) is 4.34. The van der Waals surface area contributed by atoms with Crippen molar-refractivity contribution in [1.82, 2.24) is 9.88 Å². The quantitative estimate of drug-likeness (QED) is 0.918. The van der Waals surface area contributed by atoms with Crippen LogP contribution in [0.3, 0.4) is 0 Å². The van der Waals surface area contributed by atoms with E-state index < -0.39 is 0 Å². The number of halogens is 1. The smallest absolute Gasteiger partial charge is 0.140 e. The summed E-state index contributed by atoms with van der Waals surface area (Å²) in [5.41, 5.74) is 0. The third-order valence-corrected chi connectivity index (χ3v) is 4.98. The molecule has 2 fully saturated rings. The van der Waals surface area contributed by atoms with E-state index in [2.05, 4.69) is 31.1 Å². The van der Waals surface area contributed by atoms with Crippen molar-refractivity contribution in [1.29, 1.82) is 0 Å². The van der Waals surface area contributed by atoms with Gasteiger partial charge in [-0.15, -0.1) is 0 Å². The second-order valence-corrected chi connectivity index (χ2v) is 6.49. The van der Waals surface area contributed by atoms with Gasteiger partial charge in [0, 0.05) is 44.6 Å². The van der Waals surface area contributed by atoms with Gasteiger partial charge in [-0.3, -0.25) is 0 Å². The fourth-order valence-electron chi connectivity index (χ4n) is 3.14. The van der Waals surface area contributed by atoms with E-state index in [0.29, 0.717) is 6.04 Å². The number of rotatable bonds is 3. The van der Waals surface area contributed by atoms with Crippen LogP contribution in [-0.4, -0.2) is 48.3 Å². The molecule has 0 spiro atoms. The molecular weight excluding hydrogens is 318 g/mol. The summed E-state index contributed by atoms with van der Waals surface area (Å²) in [7, 11) is 0. The van der Waals surface area contributed by atoms with Gasteiger partial charge in [0.2, 0.25) is 0 Å². The molecule has 0 aromatic carbocycles. The summed E-state index contributed by atoms with van der Waals surface area (Å²) >= 11 is 3.55. The molecule has 1 aromatic heterocycles. The molecule has 1 aromatic rings. The van der Waals surface area contributed by atoms with Crippen LogP contribution in [0.25, 0.3) is 0 Å². The van der Waals surface area contributed by atoms with E-state index >= 15 is 0 Å². The largest absolute Gasteiger partial charge is 0.381 e. The Hall–Kier alpha value is -0.650. The highest BCUT2D eigenvalue weighted by atomic mass is 79.9. The van der Waals surface area contributed by atoms with Crippen molar-refractivity contribution in [2.24, 2.45) is 0 Å². The highest BCUT2D eigenvalue weighted by Crippen LogP contribution is 2.24. The average molecular weight is 340 g/mol. The molecule has 0 saturated carbocycles. The van der Waals surface area contributed by atoms with Crippen molar-refractivity contribution in [2.45, 2.75) is 37.8 Å². The lowest BCUT2D eigenvalue weighted by Crippen LogP contribution is -2.46. The summed E-state index contributed by atoms with van der Waals surface area (Å²) < 4.78 is 6.50. The van der Waals surface area contributed by atoms with E-state index in [0.717, 1.165) is 29.5 Å². The Morgan fingerprint density at radius 2 is 1.95 bits per heavy atom. The van der Waals surface area contributed by atoms with Gasteiger partial charge in [0.05, 0.1) is 4.47 Å². The minimum atomic E-state index is 0.539. The number of nitrogens with zero attached hydrogens (tertiary/aromatic N) is 2. The first-order valence-electron chi connectivity index (χ1n) is 7.52. The number of nitrogens with one attached hydrogen (secondary N) is 1. The Labute approximate surface area is 129 Å². The fraction of sp³-hybridized carbons (Fsp3) is 0.667. The van der Waals surface area contributed by atoms with Crippen molar-refractivity contribution in [3.8, 4) is 0 Å². The fourth-order valence-corrected chi connectivity index (χ4v) is 3.51. The Morgan fingerprint density at radius 3 is 2.65 bits per heavy atom. The summed E-state index contributed by atoms with van der Waals surface area (Å²) in [5, 5.41) is 3.56. The van der Waals surface area contributed by atoms with Crippen molar-refractivity contribution >= 4 is 21.7 Å². The molecule has 0 unspecified atom stereocenters. The molecule has 0 aliphatic carbocycles. The van der Waals surface area contributed by atoms with E-state index in [4.69, 9.17) is 4.74 Å². The molecule has 3 heterocycles. The van der Waals surface area contributed by atoms with Crippen LogP contribution in [0.1, 0.15) is 25.7 Å². The van der Waals surface area contributed by atoms with Crippen LogP contribution >= 0.6 is 15.9 Å². The molecule has 2 saturated heterocycles. The van der Waals surface area contributed by atoms with E-state index in [-0.39, 0.29) is 0 Å².